The molecule has 5 nitrogen and oxygen atoms in total. The summed E-state index contributed by atoms with van der Waals surface area (Å²) in [5.41, 5.74) is 3.72. The van der Waals surface area contributed by atoms with Crippen molar-refractivity contribution in [2.24, 2.45) is 0 Å². The molecule has 1 unspecified atom stereocenters. The standard InChI is InChI=1S/C23H25N5/c1-16(18-8-4-3-5-9-18)26-23-14-22(27-17(2)28-23)24-13-12-19-15-25-21-11-7-6-10-20(19)21/h3-11,14-16,25H,12-13H2,1-2H3,(H2,24,26,27,28). The van der Waals surface area contributed by atoms with Gasteiger partial charge >= 0.3 is 0 Å². The molecule has 2 heterocycles. The first-order valence-corrected chi connectivity index (χ1v) is 9.65. The molecule has 0 aliphatic rings. The van der Waals surface area contributed by atoms with Gasteiger partial charge in [0.25, 0.3) is 0 Å². The van der Waals surface area contributed by atoms with E-state index >= 15 is 0 Å². The molecular weight excluding hydrogens is 346 g/mol. The average Bonchev–Trinajstić information content (AvgIpc) is 3.11. The molecule has 0 aliphatic heterocycles. The first-order valence-electron chi connectivity index (χ1n) is 9.65. The van der Waals surface area contributed by atoms with E-state index in [-0.39, 0.29) is 6.04 Å². The van der Waals surface area contributed by atoms with E-state index in [1.165, 1.54) is 22.0 Å². The van der Waals surface area contributed by atoms with Crippen LogP contribution in [0.3, 0.4) is 0 Å². The molecule has 1 atom stereocenters. The van der Waals surface area contributed by atoms with Gasteiger partial charge in [-0.1, -0.05) is 48.5 Å². The van der Waals surface area contributed by atoms with Crippen LogP contribution >= 0.6 is 0 Å². The lowest BCUT2D eigenvalue weighted by Crippen LogP contribution is -2.11. The second-order valence-corrected chi connectivity index (χ2v) is 7.00. The summed E-state index contributed by atoms with van der Waals surface area (Å²) >= 11 is 0. The number of H-pyrrole nitrogens is 1. The first-order chi connectivity index (χ1) is 13.7. The Morgan fingerprint density at radius 1 is 0.964 bits per heavy atom. The lowest BCUT2D eigenvalue weighted by atomic mass is 10.1. The Morgan fingerprint density at radius 3 is 2.57 bits per heavy atom. The Morgan fingerprint density at radius 2 is 1.71 bits per heavy atom. The van der Waals surface area contributed by atoms with Crippen LogP contribution in [0.4, 0.5) is 11.6 Å². The molecule has 4 aromatic rings. The van der Waals surface area contributed by atoms with E-state index in [1.807, 2.05) is 19.1 Å². The smallest absolute Gasteiger partial charge is 0.132 e. The van der Waals surface area contributed by atoms with Crippen molar-refractivity contribution in [1.29, 1.82) is 0 Å². The Labute approximate surface area is 165 Å². The zero-order valence-electron chi connectivity index (χ0n) is 16.2. The number of nitrogens with zero attached hydrogens (tertiary/aromatic N) is 2. The van der Waals surface area contributed by atoms with E-state index in [2.05, 4.69) is 87.2 Å². The molecule has 3 N–H and O–H groups in total. The molecular formula is C23H25N5. The number of rotatable bonds is 7. The van der Waals surface area contributed by atoms with E-state index in [4.69, 9.17) is 0 Å². The SMILES string of the molecule is Cc1nc(NCCc2c[nH]c3ccccc23)cc(NC(C)c2ccccc2)n1. The minimum atomic E-state index is 0.176. The van der Waals surface area contributed by atoms with E-state index in [0.717, 1.165) is 30.4 Å². The largest absolute Gasteiger partial charge is 0.370 e. The third-order valence-corrected chi connectivity index (χ3v) is 4.88. The number of hydrogen-bond donors (Lipinski definition) is 3. The van der Waals surface area contributed by atoms with Gasteiger partial charge in [-0.3, -0.25) is 0 Å². The second-order valence-electron chi connectivity index (χ2n) is 7.00. The van der Waals surface area contributed by atoms with Crippen molar-refractivity contribution in [2.45, 2.75) is 26.3 Å². The van der Waals surface area contributed by atoms with Crippen LogP contribution < -0.4 is 10.6 Å². The normalized spacial score (nSPS) is 12.1. The minimum Gasteiger partial charge on any atom is -0.370 e. The summed E-state index contributed by atoms with van der Waals surface area (Å²) in [6, 6.07) is 20.9. The molecule has 0 saturated carbocycles. The van der Waals surface area contributed by atoms with Crippen molar-refractivity contribution < 1.29 is 0 Å². The molecule has 0 bridgehead atoms. The molecule has 0 aliphatic carbocycles. The molecule has 0 saturated heterocycles. The Balaban J connectivity index is 1.41. The average molecular weight is 371 g/mol. The van der Waals surface area contributed by atoms with Crippen LogP contribution in [0.5, 0.6) is 0 Å². The van der Waals surface area contributed by atoms with Gasteiger partial charge in [0.2, 0.25) is 0 Å². The van der Waals surface area contributed by atoms with Crippen LogP contribution in [0.2, 0.25) is 0 Å². The summed E-state index contributed by atoms with van der Waals surface area (Å²) < 4.78 is 0. The number of fused-ring (bicyclic) bond motifs is 1. The van der Waals surface area contributed by atoms with Gasteiger partial charge in [-0.05, 0) is 37.5 Å². The molecule has 2 aromatic carbocycles. The predicted octanol–water partition coefficient (Wildman–Crippen LogP) is 5.09. The Hall–Kier alpha value is -3.34. The Bertz CT molecular complexity index is 1050. The number of aromatic amines is 1. The maximum absolute atomic E-state index is 4.53. The zero-order valence-corrected chi connectivity index (χ0v) is 16.2. The van der Waals surface area contributed by atoms with Gasteiger partial charge in [-0.15, -0.1) is 0 Å². The Kier molecular flexibility index (Phi) is 5.24. The van der Waals surface area contributed by atoms with Gasteiger partial charge in [0, 0.05) is 35.8 Å². The topological polar surface area (TPSA) is 65.6 Å². The summed E-state index contributed by atoms with van der Waals surface area (Å²) in [6.45, 7) is 4.87. The van der Waals surface area contributed by atoms with Crippen LogP contribution in [-0.2, 0) is 6.42 Å². The van der Waals surface area contributed by atoms with Crippen molar-refractivity contribution >= 4 is 22.5 Å². The molecule has 28 heavy (non-hydrogen) atoms. The van der Waals surface area contributed by atoms with Crippen molar-refractivity contribution in [3.8, 4) is 0 Å². The van der Waals surface area contributed by atoms with Crippen molar-refractivity contribution in [1.82, 2.24) is 15.0 Å². The number of nitrogens with one attached hydrogen (secondary N) is 3. The third-order valence-electron chi connectivity index (χ3n) is 4.88. The molecule has 0 spiro atoms. The van der Waals surface area contributed by atoms with Crippen LogP contribution in [-0.4, -0.2) is 21.5 Å². The number of aryl methyl sites for hydroxylation is 1. The molecule has 2 aromatic heterocycles. The van der Waals surface area contributed by atoms with Gasteiger partial charge in [0.15, 0.2) is 0 Å². The summed E-state index contributed by atoms with van der Waals surface area (Å²) in [5, 5.41) is 8.19. The highest BCUT2D eigenvalue weighted by Crippen LogP contribution is 2.20. The fraction of sp³-hybridized carbons (Fsp3) is 0.217. The summed E-state index contributed by atoms with van der Waals surface area (Å²) in [6.07, 6.45) is 3.02. The third kappa shape index (κ3) is 4.14. The maximum atomic E-state index is 4.53. The number of aromatic nitrogens is 3. The van der Waals surface area contributed by atoms with Crippen LogP contribution in [0.25, 0.3) is 10.9 Å². The van der Waals surface area contributed by atoms with Crippen LogP contribution in [0, 0.1) is 6.92 Å². The van der Waals surface area contributed by atoms with Crippen LogP contribution in [0.15, 0.2) is 66.9 Å². The highest BCUT2D eigenvalue weighted by atomic mass is 15.1. The summed E-state index contributed by atoms with van der Waals surface area (Å²) in [5.74, 6) is 2.42. The molecule has 5 heteroatoms. The highest BCUT2D eigenvalue weighted by molar-refractivity contribution is 5.83. The fourth-order valence-corrected chi connectivity index (χ4v) is 3.44. The lowest BCUT2D eigenvalue weighted by molar-refractivity contribution is 0.866. The number of anilines is 2. The fourth-order valence-electron chi connectivity index (χ4n) is 3.44. The van der Waals surface area contributed by atoms with E-state index in [9.17, 15) is 0 Å². The van der Waals surface area contributed by atoms with Gasteiger partial charge in [0.05, 0.1) is 0 Å². The van der Waals surface area contributed by atoms with Crippen LogP contribution in [0.1, 0.15) is 29.9 Å². The van der Waals surface area contributed by atoms with Crippen molar-refractivity contribution in [2.75, 3.05) is 17.2 Å². The van der Waals surface area contributed by atoms with Gasteiger partial charge in [-0.25, -0.2) is 9.97 Å². The molecule has 0 amide bonds. The second kappa shape index (κ2) is 8.13. The maximum Gasteiger partial charge on any atom is 0.132 e. The minimum absolute atomic E-state index is 0.176. The summed E-state index contributed by atoms with van der Waals surface area (Å²) in [7, 11) is 0. The van der Waals surface area contributed by atoms with Gasteiger partial charge in [0.1, 0.15) is 17.5 Å². The molecule has 0 fully saturated rings. The van der Waals surface area contributed by atoms with Gasteiger partial charge in [-0.2, -0.15) is 0 Å². The molecule has 142 valence electrons. The first kappa shape index (κ1) is 18.0. The molecule has 0 radical (unpaired) electrons. The quantitative estimate of drug-likeness (QED) is 0.423. The number of hydrogen-bond acceptors (Lipinski definition) is 4. The number of benzene rings is 2. The van der Waals surface area contributed by atoms with Gasteiger partial charge < -0.3 is 15.6 Å². The van der Waals surface area contributed by atoms with E-state index in [1.54, 1.807) is 0 Å². The monoisotopic (exact) mass is 371 g/mol. The zero-order chi connectivity index (χ0) is 19.3. The highest BCUT2D eigenvalue weighted by Gasteiger charge is 2.08. The van der Waals surface area contributed by atoms with E-state index in [0.29, 0.717) is 0 Å². The summed E-state index contributed by atoms with van der Waals surface area (Å²) in [4.78, 5) is 12.4. The predicted molar refractivity (Wildman–Crippen MR) is 116 cm³/mol. The lowest BCUT2D eigenvalue weighted by Gasteiger charge is -2.16. The van der Waals surface area contributed by atoms with Crippen molar-refractivity contribution in [3.05, 3.63) is 83.8 Å². The van der Waals surface area contributed by atoms with E-state index < -0.39 is 0 Å². The molecule has 4 rings (SSSR count). The van der Waals surface area contributed by atoms with Crippen molar-refractivity contribution in [3.63, 3.8) is 0 Å². The number of para-hydroxylation sites is 1.